The maximum atomic E-state index is 12.5. The molecule has 2 atom stereocenters. The normalized spacial score (nSPS) is 22.0. The zero-order valence-electron chi connectivity index (χ0n) is 16.2. The predicted octanol–water partition coefficient (Wildman–Crippen LogP) is 0.305. The van der Waals surface area contributed by atoms with Gasteiger partial charge in [-0.3, -0.25) is 14.5 Å². The van der Waals surface area contributed by atoms with E-state index in [9.17, 15) is 9.59 Å². The third-order valence-electron chi connectivity index (χ3n) is 5.27. The second-order valence-electron chi connectivity index (χ2n) is 7.26. The number of nitrogens with one attached hydrogen (secondary N) is 2. The van der Waals surface area contributed by atoms with E-state index in [0.717, 1.165) is 51.4 Å². The summed E-state index contributed by atoms with van der Waals surface area (Å²) in [5, 5.41) is 6.25. The van der Waals surface area contributed by atoms with Gasteiger partial charge in [-0.25, -0.2) is 4.98 Å². The van der Waals surface area contributed by atoms with Crippen LogP contribution in [0.4, 0.5) is 0 Å². The van der Waals surface area contributed by atoms with Crippen LogP contribution in [0.1, 0.15) is 38.1 Å². The Morgan fingerprint density at radius 3 is 2.70 bits per heavy atom. The van der Waals surface area contributed by atoms with Gasteiger partial charge in [-0.05, 0) is 26.2 Å². The Hall–Kier alpha value is -1.64. The molecule has 9 heteroatoms. The van der Waals surface area contributed by atoms with E-state index in [1.807, 2.05) is 22.7 Å². The molecule has 27 heavy (non-hydrogen) atoms. The summed E-state index contributed by atoms with van der Waals surface area (Å²) in [4.78, 5) is 33.5. The van der Waals surface area contributed by atoms with Gasteiger partial charge in [-0.2, -0.15) is 0 Å². The van der Waals surface area contributed by atoms with Gasteiger partial charge in [0.15, 0.2) is 0 Å². The van der Waals surface area contributed by atoms with Crippen LogP contribution in [-0.4, -0.2) is 76.5 Å². The molecule has 0 bridgehead atoms. The van der Waals surface area contributed by atoms with Crippen LogP contribution in [0, 0.1) is 0 Å². The standard InChI is InChI=1S/C18H30N6O2.ClH/c1-14(18(26)23-8-4-3-5-9-23)21-16(25)13-24-11-6-19-12-15(24)17-20-7-10-22(17)2;/h7,10,14-15,19H,3-6,8-9,11-13H2,1-2H3,(H,21,25);1H. The molecule has 2 aliphatic rings. The first-order valence-corrected chi connectivity index (χ1v) is 9.56. The fraction of sp³-hybridized carbons (Fsp3) is 0.722. The Kier molecular flexibility index (Phi) is 8.07. The summed E-state index contributed by atoms with van der Waals surface area (Å²) >= 11 is 0. The average Bonchev–Trinajstić information content (AvgIpc) is 3.08. The molecule has 0 radical (unpaired) electrons. The molecule has 0 saturated carbocycles. The molecule has 0 aromatic carbocycles. The Balaban J connectivity index is 0.00000261. The first-order valence-electron chi connectivity index (χ1n) is 9.56. The number of amides is 2. The van der Waals surface area contributed by atoms with E-state index in [0.29, 0.717) is 0 Å². The molecule has 2 unspecified atom stereocenters. The number of imidazole rings is 1. The zero-order valence-corrected chi connectivity index (χ0v) is 17.0. The summed E-state index contributed by atoms with van der Waals surface area (Å²) in [6.07, 6.45) is 6.99. The van der Waals surface area contributed by atoms with Gasteiger partial charge < -0.3 is 20.1 Å². The Bertz CT molecular complexity index is 631. The second-order valence-corrected chi connectivity index (χ2v) is 7.26. The molecular formula is C18H31ClN6O2. The lowest BCUT2D eigenvalue weighted by Gasteiger charge is -2.35. The summed E-state index contributed by atoms with van der Waals surface area (Å²) in [5.41, 5.74) is 0. The number of carbonyl (C=O) groups is 2. The van der Waals surface area contributed by atoms with Crippen molar-refractivity contribution in [1.29, 1.82) is 0 Å². The number of hydrogen-bond donors (Lipinski definition) is 2. The molecule has 0 spiro atoms. The minimum absolute atomic E-state index is 0. The van der Waals surface area contributed by atoms with Gasteiger partial charge in [0.2, 0.25) is 11.8 Å². The van der Waals surface area contributed by atoms with Crippen LogP contribution in [0.25, 0.3) is 0 Å². The van der Waals surface area contributed by atoms with Gasteiger partial charge in [0, 0.05) is 52.2 Å². The van der Waals surface area contributed by atoms with Crippen LogP contribution < -0.4 is 10.6 Å². The number of nitrogens with zero attached hydrogens (tertiary/aromatic N) is 4. The van der Waals surface area contributed by atoms with Gasteiger partial charge in [-0.15, -0.1) is 12.4 Å². The summed E-state index contributed by atoms with van der Waals surface area (Å²) in [7, 11) is 1.97. The molecule has 152 valence electrons. The van der Waals surface area contributed by atoms with Crippen molar-refractivity contribution in [3.8, 4) is 0 Å². The minimum Gasteiger partial charge on any atom is -0.343 e. The number of piperazine rings is 1. The molecule has 2 saturated heterocycles. The van der Waals surface area contributed by atoms with Gasteiger partial charge in [0.05, 0.1) is 12.6 Å². The SMILES string of the molecule is CC(NC(=O)CN1CCNCC1c1nccn1C)C(=O)N1CCCCC1.Cl. The molecule has 2 amide bonds. The summed E-state index contributed by atoms with van der Waals surface area (Å²) in [6, 6.07) is -0.419. The molecule has 1 aromatic heterocycles. The smallest absolute Gasteiger partial charge is 0.244 e. The van der Waals surface area contributed by atoms with Crippen molar-refractivity contribution >= 4 is 24.2 Å². The number of likely N-dealkylation sites (tertiary alicyclic amines) is 1. The van der Waals surface area contributed by atoms with Crippen LogP contribution in [-0.2, 0) is 16.6 Å². The third-order valence-corrected chi connectivity index (χ3v) is 5.27. The highest BCUT2D eigenvalue weighted by molar-refractivity contribution is 5.88. The number of aryl methyl sites for hydroxylation is 1. The second kappa shape index (κ2) is 10.1. The molecule has 8 nitrogen and oxygen atoms in total. The van der Waals surface area contributed by atoms with Gasteiger partial charge in [0.1, 0.15) is 11.9 Å². The minimum atomic E-state index is -0.477. The maximum Gasteiger partial charge on any atom is 0.244 e. The number of hydrogen-bond acceptors (Lipinski definition) is 5. The van der Waals surface area contributed by atoms with Crippen molar-refractivity contribution in [3.63, 3.8) is 0 Å². The lowest BCUT2D eigenvalue weighted by atomic mass is 10.1. The van der Waals surface area contributed by atoms with Crippen molar-refractivity contribution < 1.29 is 9.59 Å². The molecule has 2 N–H and O–H groups in total. The maximum absolute atomic E-state index is 12.5. The zero-order chi connectivity index (χ0) is 18.5. The van der Waals surface area contributed by atoms with Crippen molar-refractivity contribution in [2.75, 3.05) is 39.3 Å². The van der Waals surface area contributed by atoms with E-state index in [1.54, 1.807) is 13.1 Å². The molecule has 2 aliphatic heterocycles. The lowest BCUT2D eigenvalue weighted by Crippen LogP contribution is -2.53. The van der Waals surface area contributed by atoms with E-state index in [-0.39, 0.29) is 36.8 Å². The van der Waals surface area contributed by atoms with E-state index in [1.165, 1.54) is 6.42 Å². The fourth-order valence-electron chi connectivity index (χ4n) is 3.81. The first-order chi connectivity index (χ1) is 12.6. The van der Waals surface area contributed by atoms with Crippen molar-refractivity contribution in [3.05, 3.63) is 18.2 Å². The monoisotopic (exact) mass is 398 g/mol. The summed E-state index contributed by atoms with van der Waals surface area (Å²) in [6.45, 7) is 6.05. The Morgan fingerprint density at radius 2 is 2.04 bits per heavy atom. The largest absolute Gasteiger partial charge is 0.343 e. The number of piperidine rings is 1. The van der Waals surface area contributed by atoms with Gasteiger partial charge in [-0.1, -0.05) is 0 Å². The summed E-state index contributed by atoms with van der Waals surface area (Å²) in [5.74, 6) is 0.866. The highest BCUT2D eigenvalue weighted by Crippen LogP contribution is 2.19. The topological polar surface area (TPSA) is 82.5 Å². The Morgan fingerprint density at radius 1 is 1.30 bits per heavy atom. The summed E-state index contributed by atoms with van der Waals surface area (Å²) < 4.78 is 1.99. The van der Waals surface area contributed by atoms with E-state index >= 15 is 0 Å². The number of carbonyl (C=O) groups excluding carboxylic acids is 2. The highest BCUT2D eigenvalue weighted by Gasteiger charge is 2.29. The molecular weight excluding hydrogens is 368 g/mol. The number of halogens is 1. The van der Waals surface area contributed by atoms with Crippen LogP contribution in [0.2, 0.25) is 0 Å². The fourth-order valence-corrected chi connectivity index (χ4v) is 3.81. The predicted molar refractivity (Wildman–Crippen MR) is 106 cm³/mol. The van der Waals surface area contributed by atoms with E-state index in [4.69, 9.17) is 0 Å². The van der Waals surface area contributed by atoms with E-state index < -0.39 is 6.04 Å². The molecule has 3 rings (SSSR count). The molecule has 0 aliphatic carbocycles. The number of aromatic nitrogens is 2. The molecule has 2 fully saturated rings. The lowest BCUT2D eigenvalue weighted by molar-refractivity contribution is -0.137. The quantitative estimate of drug-likeness (QED) is 0.745. The Labute approximate surface area is 167 Å². The average molecular weight is 399 g/mol. The van der Waals surface area contributed by atoms with E-state index in [2.05, 4.69) is 20.5 Å². The van der Waals surface area contributed by atoms with Crippen LogP contribution in [0.3, 0.4) is 0 Å². The number of rotatable bonds is 5. The van der Waals surface area contributed by atoms with Gasteiger partial charge in [0.25, 0.3) is 0 Å². The third kappa shape index (κ3) is 5.43. The highest BCUT2D eigenvalue weighted by atomic mass is 35.5. The van der Waals surface area contributed by atoms with Crippen LogP contribution in [0.5, 0.6) is 0 Å². The first kappa shape index (κ1) is 21.7. The van der Waals surface area contributed by atoms with Crippen molar-refractivity contribution in [2.45, 2.75) is 38.3 Å². The van der Waals surface area contributed by atoms with Crippen LogP contribution in [0.15, 0.2) is 12.4 Å². The van der Waals surface area contributed by atoms with Gasteiger partial charge >= 0.3 is 0 Å². The van der Waals surface area contributed by atoms with Crippen molar-refractivity contribution in [2.24, 2.45) is 7.05 Å². The molecule has 1 aromatic rings. The van der Waals surface area contributed by atoms with Crippen molar-refractivity contribution in [1.82, 2.24) is 30.0 Å². The molecule has 3 heterocycles. The van der Waals surface area contributed by atoms with Crippen LogP contribution >= 0.6 is 12.4 Å².